The first-order valence-corrected chi connectivity index (χ1v) is 11.6. The van der Waals surface area contributed by atoms with Crippen LogP contribution in [0.1, 0.15) is 29.8 Å². The molecule has 9 heteroatoms. The number of halogens is 1. The van der Waals surface area contributed by atoms with Gasteiger partial charge in [-0.15, -0.1) is 0 Å². The number of rotatable bonds is 5. The Hall–Kier alpha value is -2.65. The van der Waals surface area contributed by atoms with Crippen LogP contribution in [0.25, 0.3) is 0 Å². The number of esters is 1. The smallest absolute Gasteiger partial charge is 0.315 e. The zero-order chi connectivity index (χ0) is 23.0. The fraction of sp³-hybridized carbons (Fsp3) is 0.273. The fourth-order valence-corrected chi connectivity index (χ4v) is 4.50. The second-order valence-electron chi connectivity index (χ2n) is 7.71. The van der Waals surface area contributed by atoms with Gasteiger partial charge in [0.25, 0.3) is 10.0 Å². The molecule has 0 saturated carbocycles. The predicted octanol–water partition coefficient (Wildman–Crippen LogP) is 3.76. The van der Waals surface area contributed by atoms with Gasteiger partial charge in [0.2, 0.25) is 0 Å². The van der Waals surface area contributed by atoms with Crippen LogP contribution in [0.3, 0.4) is 0 Å². The third kappa shape index (κ3) is 4.52. The number of ketones is 1. The van der Waals surface area contributed by atoms with Crippen molar-refractivity contribution in [2.24, 2.45) is 5.41 Å². The number of Topliss-reactive ketones (excluding diaryl/α,β-unsaturated/α-hetero) is 1. The van der Waals surface area contributed by atoms with E-state index in [-0.39, 0.29) is 16.0 Å². The molecule has 1 aliphatic heterocycles. The average Bonchev–Trinajstić information content (AvgIpc) is 2.72. The normalized spacial score (nSPS) is 17.6. The molecule has 7 nitrogen and oxygen atoms in total. The Morgan fingerprint density at radius 3 is 2.45 bits per heavy atom. The lowest BCUT2D eigenvalue weighted by molar-refractivity contribution is -0.154. The van der Waals surface area contributed by atoms with Crippen molar-refractivity contribution >= 4 is 37.7 Å². The third-order valence-electron chi connectivity index (χ3n) is 5.04. The molecule has 0 amide bonds. The number of sulfonamides is 1. The van der Waals surface area contributed by atoms with Gasteiger partial charge in [0, 0.05) is 10.7 Å². The lowest BCUT2D eigenvalue weighted by Crippen LogP contribution is -2.47. The van der Waals surface area contributed by atoms with Crippen molar-refractivity contribution in [2.75, 3.05) is 7.11 Å². The average molecular weight is 508 g/mol. The van der Waals surface area contributed by atoms with Crippen molar-refractivity contribution in [2.45, 2.75) is 31.8 Å². The number of aryl methyl sites for hydroxylation is 1. The maximum absolute atomic E-state index is 13.3. The molecule has 0 spiro atoms. The summed E-state index contributed by atoms with van der Waals surface area (Å²) in [6, 6.07) is 11.2. The van der Waals surface area contributed by atoms with Gasteiger partial charge in [-0.1, -0.05) is 33.6 Å². The summed E-state index contributed by atoms with van der Waals surface area (Å²) in [4.78, 5) is 25.7. The maximum Gasteiger partial charge on any atom is 0.315 e. The van der Waals surface area contributed by atoms with Crippen LogP contribution < -0.4 is 9.46 Å². The van der Waals surface area contributed by atoms with Crippen molar-refractivity contribution in [3.8, 4) is 5.75 Å². The molecule has 0 saturated heterocycles. The van der Waals surface area contributed by atoms with E-state index < -0.39 is 33.3 Å². The Balaban J connectivity index is 2.07. The summed E-state index contributed by atoms with van der Waals surface area (Å²) in [5, 5.41) is 0. The Bertz CT molecular complexity index is 1170. The summed E-state index contributed by atoms with van der Waals surface area (Å²) in [5.74, 6) is -0.747. The van der Waals surface area contributed by atoms with E-state index in [1.807, 2.05) is 6.92 Å². The second kappa shape index (κ2) is 8.47. The minimum Gasteiger partial charge on any atom is -0.484 e. The molecule has 1 heterocycles. The molecule has 1 unspecified atom stereocenters. The zero-order valence-electron chi connectivity index (χ0n) is 17.4. The highest BCUT2D eigenvalue weighted by atomic mass is 79.9. The topological polar surface area (TPSA) is 98.8 Å². The molecule has 0 aliphatic carbocycles. The minimum atomic E-state index is -3.94. The second-order valence-corrected chi connectivity index (χ2v) is 10.3. The van der Waals surface area contributed by atoms with Gasteiger partial charge in [0.1, 0.15) is 17.3 Å². The molecular formula is C22H22BrNO6S. The van der Waals surface area contributed by atoms with E-state index >= 15 is 0 Å². The van der Waals surface area contributed by atoms with Gasteiger partial charge in [-0.05, 0) is 51.1 Å². The van der Waals surface area contributed by atoms with E-state index in [9.17, 15) is 18.0 Å². The van der Waals surface area contributed by atoms with Crippen molar-refractivity contribution in [1.29, 1.82) is 0 Å². The Labute approximate surface area is 189 Å². The van der Waals surface area contributed by atoms with Crippen LogP contribution in [0, 0.1) is 12.3 Å². The zero-order valence-corrected chi connectivity index (χ0v) is 19.8. The third-order valence-corrected chi connectivity index (χ3v) is 6.86. The molecule has 1 atom stereocenters. The number of carbonyl (C=O) groups excluding carboxylic acids is 2. The molecule has 0 radical (unpaired) electrons. The number of hydrogen-bond acceptors (Lipinski definition) is 6. The highest BCUT2D eigenvalue weighted by molar-refractivity contribution is 9.10. The van der Waals surface area contributed by atoms with E-state index in [2.05, 4.69) is 20.7 Å². The number of benzene rings is 2. The number of ether oxygens (including phenoxy) is 2. The quantitative estimate of drug-likeness (QED) is 0.488. The van der Waals surface area contributed by atoms with Crippen molar-refractivity contribution in [1.82, 2.24) is 4.72 Å². The lowest BCUT2D eigenvalue weighted by Gasteiger charge is -2.36. The number of methoxy groups -OCH3 is 1. The van der Waals surface area contributed by atoms with E-state index in [1.165, 1.54) is 19.2 Å². The summed E-state index contributed by atoms with van der Waals surface area (Å²) < 4.78 is 39.3. The van der Waals surface area contributed by atoms with Crippen LogP contribution in [0.5, 0.6) is 5.75 Å². The van der Waals surface area contributed by atoms with Crippen molar-refractivity contribution in [3.05, 3.63) is 69.8 Å². The molecule has 1 aliphatic rings. The first-order valence-electron chi connectivity index (χ1n) is 9.36. The lowest BCUT2D eigenvalue weighted by atomic mass is 9.78. The molecule has 3 rings (SSSR count). The summed E-state index contributed by atoms with van der Waals surface area (Å²) >= 11 is 3.32. The van der Waals surface area contributed by atoms with Crippen LogP contribution in [-0.2, 0) is 19.6 Å². The van der Waals surface area contributed by atoms with E-state index in [1.54, 1.807) is 44.2 Å². The number of carbonyl (C=O) groups is 2. The highest BCUT2D eigenvalue weighted by Gasteiger charge is 2.47. The van der Waals surface area contributed by atoms with Crippen LogP contribution in [0.4, 0.5) is 0 Å². The maximum atomic E-state index is 13.3. The van der Waals surface area contributed by atoms with Gasteiger partial charge in [0.05, 0.1) is 23.1 Å². The van der Waals surface area contributed by atoms with Crippen molar-refractivity contribution in [3.63, 3.8) is 0 Å². The van der Waals surface area contributed by atoms with Gasteiger partial charge in [-0.25, -0.2) is 8.42 Å². The minimum absolute atomic E-state index is 0.00307. The first kappa shape index (κ1) is 23.0. The van der Waals surface area contributed by atoms with Gasteiger partial charge >= 0.3 is 5.97 Å². The molecule has 0 fully saturated rings. The fourth-order valence-electron chi connectivity index (χ4n) is 3.22. The van der Waals surface area contributed by atoms with Gasteiger partial charge in [-0.2, -0.15) is 0 Å². The standard InChI is InChI=1S/C22H22BrNO6S/c1-13-5-8-15(9-6-13)31(27,28)24-12-17-19(25)16-11-14(23)7-10-18(16)30-20(17)22(2,3)21(26)29-4/h5-12,20,24H,1-4H3/b17-12+. The van der Waals surface area contributed by atoms with Gasteiger partial charge < -0.3 is 9.47 Å². The van der Waals surface area contributed by atoms with Gasteiger partial charge in [-0.3, -0.25) is 14.3 Å². The molecule has 0 bridgehead atoms. The van der Waals surface area contributed by atoms with Crippen LogP contribution in [0.15, 0.2) is 63.6 Å². The van der Waals surface area contributed by atoms with E-state index in [4.69, 9.17) is 9.47 Å². The SMILES string of the molecule is COC(=O)C(C)(C)C1Oc2ccc(Br)cc2C(=O)/C1=C\NS(=O)(=O)c1ccc(C)cc1. The molecular weight excluding hydrogens is 486 g/mol. The van der Waals surface area contributed by atoms with Crippen LogP contribution >= 0.6 is 15.9 Å². The molecule has 31 heavy (non-hydrogen) atoms. The largest absolute Gasteiger partial charge is 0.484 e. The van der Waals surface area contributed by atoms with Crippen molar-refractivity contribution < 1.29 is 27.5 Å². The molecule has 0 aromatic heterocycles. The first-order chi connectivity index (χ1) is 14.5. The number of hydrogen-bond donors (Lipinski definition) is 1. The van der Waals surface area contributed by atoms with Crippen LogP contribution in [-0.4, -0.2) is 33.4 Å². The summed E-state index contributed by atoms with van der Waals surface area (Å²) in [6.07, 6.45) is 0.0262. The molecule has 2 aromatic rings. The number of fused-ring (bicyclic) bond motifs is 1. The van der Waals surface area contributed by atoms with E-state index in [0.29, 0.717) is 10.2 Å². The number of nitrogens with one attached hydrogen (secondary N) is 1. The summed E-state index contributed by atoms with van der Waals surface area (Å²) in [5.41, 5.74) is -0.102. The van der Waals surface area contributed by atoms with E-state index in [0.717, 1.165) is 11.8 Å². The highest BCUT2D eigenvalue weighted by Crippen LogP contribution is 2.39. The summed E-state index contributed by atoms with van der Waals surface area (Å²) in [7, 11) is -2.70. The Morgan fingerprint density at radius 2 is 1.84 bits per heavy atom. The summed E-state index contributed by atoms with van der Waals surface area (Å²) in [6.45, 7) is 4.99. The molecule has 1 N–H and O–H groups in total. The van der Waals surface area contributed by atoms with Gasteiger partial charge in [0.15, 0.2) is 5.78 Å². The Kier molecular flexibility index (Phi) is 6.29. The Morgan fingerprint density at radius 1 is 1.19 bits per heavy atom. The molecule has 2 aromatic carbocycles. The monoisotopic (exact) mass is 507 g/mol. The molecule has 164 valence electrons. The predicted molar refractivity (Wildman–Crippen MR) is 118 cm³/mol. The van der Waals surface area contributed by atoms with Crippen LogP contribution in [0.2, 0.25) is 0 Å².